The van der Waals surface area contributed by atoms with Crippen molar-refractivity contribution in [3.63, 3.8) is 0 Å². The average molecular weight is 819 g/mol. The van der Waals surface area contributed by atoms with E-state index >= 15 is 0 Å². The summed E-state index contributed by atoms with van der Waals surface area (Å²) in [5.41, 5.74) is 11.8. The van der Waals surface area contributed by atoms with Crippen molar-refractivity contribution in [3.05, 3.63) is 255 Å². The van der Waals surface area contributed by atoms with E-state index in [2.05, 4.69) is 264 Å². The molecule has 0 aliphatic rings. The fourth-order valence-corrected chi connectivity index (χ4v) is 15.1. The van der Waals surface area contributed by atoms with Crippen molar-refractivity contribution in [1.82, 2.24) is 9.13 Å². The molecule has 12 aromatic rings. The molecule has 0 radical (unpaired) electrons. The van der Waals surface area contributed by atoms with Crippen LogP contribution in [0.25, 0.3) is 77.2 Å². The Morgan fingerprint density at radius 2 is 0.635 bits per heavy atom. The molecule has 2 nitrogen and oxygen atoms in total. The predicted molar refractivity (Wildman–Crippen MR) is 270 cm³/mol. The summed E-state index contributed by atoms with van der Waals surface area (Å²) in [5, 5.41) is 10.4. The minimum absolute atomic E-state index is 1.15. The standard InChI is InChI=1S/C60H42N2Si/c1-5-20-43(21-6-1)50-31-19-32-51(44-36-39-49(40-37-44)63(46-22-7-2-8-23-46,47-24-9-3-10-25-47)48-26-11-4-12-27-48)60(50)62-58-35-18-15-30-54(58)55-42-45(38-41-59(55)62)61-56-33-16-13-28-52(56)53-29-14-17-34-57(53)61/h1-42H. The first-order chi connectivity index (χ1) is 31.3. The summed E-state index contributed by atoms with van der Waals surface area (Å²) in [5.74, 6) is 0. The van der Waals surface area contributed by atoms with Crippen LogP contribution in [0.1, 0.15) is 0 Å². The third kappa shape index (κ3) is 5.85. The van der Waals surface area contributed by atoms with Crippen molar-refractivity contribution in [2.24, 2.45) is 0 Å². The fraction of sp³-hybridized carbons (Fsp3) is 0. The molecular formula is C60H42N2Si. The van der Waals surface area contributed by atoms with Gasteiger partial charge in [0.25, 0.3) is 0 Å². The second-order valence-corrected chi connectivity index (χ2v) is 20.2. The number of nitrogens with zero attached hydrogens (tertiary/aromatic N) is 2. The van der Waals surface area contributed by atoms with Crippen LogP contribution in [0, 0.1) is 0 Å². The maximum absolute atomic E-state index is 2.70. The van der Waals surface area contributed by atoms with Crippen LogP contribution in [0.15, 0.2) is 255 Å². The first kappa shape index (κ1) is 36.8. The molecule has 63 heavy (non-hydrogen) atoms. The third-order valence-corrected chi connectivity index (χ3v) is 17.9. The van der Waals surface area contributed by atoms with E-state index in [4.69, 9.17) is 0 Å². The minimum atomic E-state index is -2.70. The molecule has 0 atom stereocenters. The summed E-state index contributed by atoms with van der Waals surface area (Å²) in [6.07, 6.45) is 0. The predicted octanol–water partition coefficient (Wildman–Crippen LogP) is 12.6. The maximum Gasteiger partial charge on any atom is 0.179 e. The highest BCUT2D eigenvalue weighted by atomic mass is 28.3. The maximum atomic E-state index is 2.52. The second kappa shape index (κ2) is 15.2. The van der Waals surface area contributed by atoms with Crippen LogP contribution in [0.4, 0.5) is 0 Å². The van der Waals surface area contributed by atoms with E-state index in [0.29, 0.717) is 0 Å². The van der Waals surface area contributed by atoms with Gasteiger partial charge in [-0.15, -0.1) is 0 Å². The van der Waals surface area contributed by atoms with Crippen LogP contribution in [0.5, 0.6) is 0 Å². The zero-order valence-corrected chi connectivity index (χ0v) is 35.6. The van der Waals surface area contributed by atoms with Gasteiger partial charge in [-0.05, 0) is 68.3 Å². The largest absolute Gasteiger partial charge is 0.309 e. The number of rotatable bonds is 8. The molecular weight excluding hydrogens is 777 g/mol. The van der Waals surface area contributed by atoms with Crippen LogP contribution >= 0.6 is 0 Å². The van der Waals surface area contributed by atoms with Gasteiger partial charge in [0.1, 0.15) is 0 Å². The zero-order chi connectivity index (χ0) is 41.7. The van der Waals surface area contributed by atoms with Crippen molar-refractivity contribution in [3.8, 4) is 33.6 Å². The molecule has 0 aliphatic heterocycles. The van der Waals surface area contributed by atoms with E-state index in [9.17, 15) is 0 Å². The monoisotopic (exact) mass is 818 g/mol. The number of fused-ring (bicyclic) bond motifs is 6. The summed E-state index contributed by atoms with van der Waals surface area (Å²) in [6, 6.07) is 94.2. The lowest BCUT2D eigenvalue weighted by atomic mass is 9.95. The molecule has 0 saturated carbocycles. The molecule has 0 amide bonds. The lowest BCUT2D eigenvalue weighted by Crippen LogP contribution is -2.74. The molecule has 0 N–H and O–H groups in total. The van der Waals surface area contributed by atoms with E-state index in [1.807, 2.05) is 0 Å². The van der Waals surface area contributed by atoms with Gasteiger partial charge in [-0.1, -0.05) is 218 Å². The van der Waals surface area contributed by atoms with Crippen molar-refractivity contribution >= 4 is 72.4 Å². The number of hydrogen-bond acceptors (Lipinski definition) is 0. The Balaban J connectivity index is 1.10. The molecule has 0 unspecified atom stereocenters. The van der Waals surface area contributed by atoms with Gasteiger partial charge in [0.2, 0.25) is 0 Å². The van der Waals surface area contributed by atoms with Crippen LogP contribution < -0.4 is 20.7 Å². The minimum Gasteiger partial charge on any atom is -0.309 e. The Kier molecular flexibility index (Phi) is 8.87. The molecule has 0 aliphatic carbocycles. The number of aromatic nitrogens is 2. The van der Waals surface area contributed by atoms with E-state index in [1.165, 1.54) is 92.3 Å². The molecule has 2 heterocycles. The summed E-state index contributed by atoms with van der Waals surface area (Å²) in [7, 11) is -2.70. The zero-order valence-electron chi connectivity index (χ0n) is 34.6. The molecule has 0 saturated heterocycles. The first-order valence-electron chi connectivity index (χ1n) is 21.8. The van der Waals surface area contributed by atoms with E-state index < -0.39 is 8.07 Å². The van der Waals surface area contributed by atoms with Crippen LogP contribution in [-0.2, 0) is 0 Å². The molecule has 12 rings (SSSR count). The third-order valence-electron chi connectivity index (χ3n) is 13.1. The van der Waals surface area contributed by atoms with E-state index in [0.717, 1.165) is 5.69 Å². The summed E-state index contributed by atoms with van der Waals surface area (Å²) in [6.45, 7) is 0. The first-order valence-corrected chi connectivity index (χ1v) is 23.8. The summed E-state index contributed by atoms with van der Waals surface area (Å²) < 4.78 is 4.94. The Morgan fingerprint density at radius 3 is 1.14 bits per heavy atom. The van der Waals surface area contributed by atoms with Gasteiger partial charge in [-0.2, -0.15) is 0 Å². The van der Waals surface area contributed by atoms with Crippen LogP contribution in [0.3, 0.4) is 0 Å². The van der Waals surface area contributed by atoms with Crippen molar-refractivity contribution in [2.75, 3.05) is 0 Å². The van der Waals surface area contributed by atoms with Gasteiger partial charge in [0.15, 0.2) is 8.07 Å². The number of para-hydroxylation sites is 4. The smallest absolute Gasteiger partial charge is 0.179 e. The molecule has 296 valence electrons. The molecule has 0 spiro atoms. The van der Waals surface area contributed by atoms with Crippen LogP contribution in [0.2, 0.25) is 0 Å². The van der Waals surface area contributed by atoms with Gasteiger partial charge in [-0.25, -0.2) is 0 Å². The van der Waals surface area contributed by atoms with Gasteiger partial charge in [0.05, 0.1) is 27.8 Å². The lowest BCUT2D eigenvalue weighted by Gasteiger charge is -2.34. The van der Waals surface area contributed by atoms with E-state index in [-0.39, 0.29) is 0 Å². The topological polar surface area (TPSA) is 9.86 Å². The van der Waals surface area contributed by atoms with Gasteiger partial charge >= 0.3 is 0 Å². The Labute approximate surface area is 368 Å². The van der Waals surface area contributed by atoms with Gasteiger partial charge in [-0.3, -0.25) is 0 Å². The molecule has 3 heteroatoms. The van der Waals surface area contributed by atoms with E-state index in [1.54, 1.807) is 0 Å². The highest BCUT2D eigenvalue weighted by Gasteiger charge is 2.41. The molecule has 10 aromatic carbocycles. The average Bonchev–Trinajstić information content (AvgIpc) is 3.88. The summed E-state index contributed by atoms with van der Waals surface area (Å²) in [4.78, 5) is 0. The van der Waals surface area contributed by atoms with Crippen LogP contribution in [-0.4, -0.2) is 17.2 Å². The van der Waals surface area contributed by atoms with Gasteiger partial charge in [0, 0.05) is 38.4 Å². The van der Waals surface area contributed by atoms with Crippen molar-refractivity contribution in [2.45, 2.75) is 0 Å². The Morgan fingerprint density at radius 1 is 0.254 bits per heavy atom. The lowest BCUT2D eigenvalue weighted by molar-refractivity contribution is 1.17. The van der Waals surface area contributed by atoms with Gasteiger partial charge < -0.3 is 9.13 Å². The quantitative estimate of drug-likeness (QED) is 0.107. The Hall–Kier alpha value is -7.98. The number of benzene rings is 10. The SMILES string of the molecule is c1ccc(-c2cccc(-c3ccc([Si](c4ccccc4)(c4ccccc4)c4ccccc4)cc3)c2-n2c3ccccc3c3cc(-n4c5ccccc5c5ccccc54)ccc32)cc1. The second-order valence-electron chi connectivity index (χ2n) is 16.4. The fourth-order valence-electron chi connectivity index (χ4n) is 10.4. The van der Waals surface area contributed by atoms with Crippen molar-refractivity contribution < 1.29 is 0 Å². The highest BCUT2D eigenvalue weighted by molar-refractivity contribution is 7.19. The highest BCUT2D eigenvalue weighted by Crippen LogP contribution is 2.42. The molecule has 0 bridgehead atoms. The molecule has 0 fully saturated rings. The molecule has 2 aromatic heterocycles. The summed E-state index contributed by atoms with van der Waals surface area (Å²) >= 11 is 0. The normalized spacial score (nSPS) is 11.8. The Bertz CT molecular complexity index is 3440. The van der Waals surface area contributed by atoms with Crippen molar-refractivity contribution in [1.29, 1.82) is 0 Å². The number of hydrogen-bond donors (Lipinski definition) is 0.